The predicted molar refractivity (Wildman–Crippen MR) is 80.2 cm³/mol. The summed E-state index contributed by atoms with van der Waals surface area (Å²) in [4.78, 5) is 0. The fourth-order valence-corrected chi connectivity index (χ4v) is 2.67. The average molecular weight is 373 g/mol. The fraction of sp³-hybridized carbons (Fsp3) is 0.571. The Hall–Kier alpha value is -0.260. The summed E-state index contributed by atoms with van der Waals surface area (Å²) in [5.41, 5.74) is 0.866. The van der Waals surface area contributed by atoms with Gasteiger partial charge in [-0.1, -0.05) is 40.5 Å². The third-order valence-electron chi connectivity index (χ3n) is 2.94. The third-order valence-corrected chi connectivity index (χ3v) is 3.79. The molecule has 1 aromatic carbocycles. The van der Waals surface area contributed by atoms with Gasteiger partial charge >= 0.3 is 6.18 Å². The zero-order valence-electron chi connectivity index (χ0n) is 11.2. The van der Waals surface area contributed by atoms with Crippen LogP contribution in [0.2, 0.25) is 5.02 Å². The van der Waals surface area contributed by atoms with E-state index in [2.05, 4.69) is 21.2 Å². The van der Waals surface area contributed by atoms with E-state index in [1.165, 1.54) is 0 Å². The SMILES string of the molecule is CCCNC(CCC(F)(F)F)Cc1ccc(Br)cc1Cl. The second kappa shape index (κ2) is 8.25. The topological polar surface area (TPSA) is 12.0 Å². The van der Waals surface area contributed by atoms with Gasteiger partial charge in [-0.2, -0.15) is 13.2 Å². The van der Waals surface area contributed by atoms with Crippen LogP contribution in [0, 0.1) is 0 Å². The standard InChI is InChI=1S/C14H18BrClF3N/c1-2-7-20-12(5-6-14(17,18)19)8-10-3-4-11(15)9-13(10)16/h3-4,9,12,20H,2,5-8H2,1H3. The molecule has 0 aliphatic rings. The first-order valence-corrected chi connectivity index (χ1v) is 7.73. The summed E-state index contributed by atoms with van der Waals surface area (Å²) < 4.78 is 37.9. The minimum atomic E-state index is -4.12. The molecule has 1 N–H and O–H groups in total. The Morgan fingerprint density at radius 3 is 2.60 bits per heavy atom. The molecule has 0 amide bonds. The van der Waals surface area contributed by atoms with Crippen LogP contribution in [-0.2, 0) is 6.42 Å². The lowest BCUT2D eigenvalue weighted by atomic mass is 10.0. The molecule has 0 radical (unpaired) electrons. The molecule has 1 nitrogen and oxygen atoms in total. The quantitative estimate of drug-likeness (QED) is 0.680. The molecule has 114 valence electrons. The lowest BCUT2D eigenvalue weighted by molar-refractivity contribution is -0.136. The van der Waals surface area contributed by atoms with E-state index in [-0.39, 0.29) is 12.5 Å². The lowest BCUT2D eigenvalue weighted by Gasteiger charge is -2.20. The van der Waals surface area contributed by atoms with E-state index >= 15 is 0 Å². The van der Waals surface area contributed by atoms with Gasteiger partial charge in [0.05, 0.1) is 0 Å². The number of nitrogens with one attached hydrogen (secondary N) is 1. The van der Waals surface area contributed by atoms with Crippen LogP contribution in [0.4, 0.5) is 13.2 Å². The van der Waals surface area contributed by atoms with Crippen molar-refractivity contribution in [3.63, 3.8) is 0 Å². The molecular formula is C14H18BrClF3N. The Labute approximate surface area is 131 Å². The first-order valence-electron chi connectivity index (χ1n) is 6.56. The minimum absolute atomic E-state index is 0.0654. The number of benzene rings is 1. The van der Waals surface area contributed by atoms with Gasteiger partial charge in [0.15, 0.2) is 0 Å². The van der Waals surface area contributed by atoms with E-state index in [0.717, 1.165) is 16.5 Å². The Morgan fingerprint density at radius 1 is 1.35 bits per heavy atom. The summed E-state index contributed by atoms with van der Waals surface area (Å²) in [6.07, 6.45) is -3.44. The highest BCUT2D eigenvalue weighted by atomic mass is 79.9. The van der Waals surface area contributed by atoms with Crippen LogP contribution in [0.1, 0.15) is 31.7 Å². The van der Waals surface area contributed by atoms with Crippen molar-refractivity contribution < 1.29 is 13.2 Å². The fourth-order valence-electron chi connectivity index (χ4n) is 1.92. The van der Waals surface area contributed by atoms with Crippen LogP contribution >= 0.6 is 27.5 Å². The van der Waals surface area contributed by atoms with Crippen molar-refractivity contribution in [3.8, 4) is 0 Å². The molecule has 0 saturated carbocycles. The summed E-state index contributed by atoms with van der Waals surface area (Å²) >= 11 is 9.43. The normalized spacial score (nSPS) is 13.5. The molecule has 20 heavy (non-hydrogen) atoms. The van der Waals surface area contributed by atoms with Crippen molar-refractivity contribution in [2.24, 2.45) is 0 Å². The molecule has 1 rings (SSSR count). The van der Waals surface area contributed by atoms with Gasteiger partial charge in [0.2, 0.25) is 0 Å². The van der Waals surface area contributed by atoms with Gasteiger partial charge in [-0.15, -0.1) is 0 Å². The maximum atomic E-state index is 12.3. The van der Waals surface area contributed by atoms with Gasteiger partial charge in [0.25, 0.3) is 0 Å². The molecule has 6 heteroatoms. The van der Waals surface area contributed by atoms with Crippen LogP contribution in [0.3, 0.4) is 0 Å². The van der Waals surface area contributed by atoms with Crippen molar-refractivity contribution in [1.29, 1.82) is 0 Å². The number of hydrogen-bond acceptors (Lipinski definition) is 1. The van der Waals surface area contributed by atoms with Crippen LogP contribution in [0.15, 0.2) is 22.7 Å². The third kappa shape index (κ3) is 6.95. The Kier molecular flexibility index (Phi) is 7.34. The van der Waals surface area contributed by atoms with E-state index in [1.54, 1.807) is 6.07 Å². The van der Waals surface area contributed by atoms with E-state index in [0.29, 0.717) is 18.0 Å². The highest BCUT2D eigenvalue weighted by Gasteiger charge is 2.28. The largest absolute Gasteiger partial charge is 0.389 e. The van der Waals surface area contributed by atoms with Crippen LogP contribution in [0.25, 0.3) is 0 Å². The second-order valence-corrected chi connectivity index (χ2v) is 6.07. The molecule has 0 aliphatic heterocycles. The number of hydrogen-bond donors (Lipinski definition) is 1. The molecule has 1 aromatic rings. The van der Waals surface area contributed by atoms with Gasteiger partial charge < -0.3 is 5.32 Å². The van der Waals surface area contributed by atoms with Crippen molar-refractivity contribution in [2.45, 2.75) is 44.8 Å². The summed E-state index contributed by atoms with van der Waals surface area (Å²) in [7, 11) is 0. The van der Waals surface area contributed by atoms with Gasteiger partial charge in [0, 0.05) is 22.0 Å². The predicted octanol–water partition coefficient (Wildman–Crippen LogP) is 5.36. The highest BCUT2D eigenvalue weighted by Crippen LogP contribution is 2.26. The van der Waals surface area contributed by atoms with Gasteiger partial charge in [0.1, 0.15) is 0 Å². The molecule has 0 fully saturated rings. The average Bonchev–Trinajstić information content (AvgIpc) is 2.34. The smallest absolute Gasteiger partial charge is 0.314 e. The molecule has 0 aromatic heterocycles. The zero-order valence-corrected chi connectivity index (χ0v) is 13.6. The van der Waals surface area contributed by atoms with Gasteiger partial charge in [-0.3, -0.25) is 0 Å². The second-order valence-electron chi connectivity index (χ2n) is 4.74. The minimum Gasteiger partial charge on any atom is -0.314 e. The van der Waals surface area contributed by atoms with Crippen LogP contribution in [0.5, 0.6) is 0 Å². The Bertz CT molecular complexity index is 423. The van der Waals surface area contributed by atoms with E-state index in [4.69, 9.17) is 11.6 Å². The Morgan fingerprint density at radius 2 is 2.05 bits per heavy atom. The van der Waals surface area contributed by atoms with Crippen molar-refractivity contribution in [1.82, 2.24) is 5.32 Å². The molecule has 1 atom stereocenters. The molecule has 1 unspecified atom stereocenters. The molecule has 0 spiro atoms. The zero-order chi connectivity index (χ0) is 15.2. The van der Waals surface area contributed by atoms with E-state index < -0.39 is 12.6 Å². The van der Waals surface area contributed by atoms with Crippen LogP contribution in [-0.4, -0.2) is 18.8 Å². The summed E-state index contributed by atoms with van der Waals surface area (Å²) in [5.74, 6) is 0. The highest BCUT2D eigenvalue weighted by molar-refractivity contribution is 9.10. The van der Waals surface area contributed by atoms with Crippen molar-refractivity contribution in [3.05, 3.63) is 33.3 Å². The van der Waals surface area contributed by atoms with Gasteiger partial charge in [-0.05, 0) is 43.5 Å². The monoisotopic (exact) mass is 371 g/mol. The van der Waals surface area contributed by atoms with Gasteiger partial charge in [-0.25, -0.2) is 0 Å². The number of halogens is 5. The maximum Gasteiger partial charge on any atom is 0.389 e. The number of rotatable bonds is 7. The van der Waals surface area contributed by atoms with E-state index in [9.17, 15) is 13.2 Å². The molecule has 0 bridgehead atoms. The first kappa shape index (κ1) is 17.8. The van der Waals surface area contributed by atoms with Crippen molar-refractivity contribution >= 4 is 27.5 Å². The summed E-state index contributed by atoms with van der Waals surface area (Å²) in [6.45, 7) is 2.69. The molecule has 0 heterocycles. The van der Waals surface area contributed by atoms with Crippen LogP contribution < -0.4 is 5.32 Å². The first-order chi connectivity index (χ1) is 9.31. The summed E-state index contributed by atoms with van der Waals surface area (Å²) in [5, 5.41) is 3.74. The Balaban J connectivity index is 2.67. The summed E-state index contributed by atoms with van der Waals surface area (Å²) in [6, 6.07) is 5.25. The molecular weight excluding hydrogens is 355 g/mol. The molecule has 0 aliphatic carbocycles. The maximum absolute atomic E-state index is 12.3. The number of alkyl halides is 3. The van der Waals surface area contributed by atoms with Crippen molar-refractivity contribution in [2.75, 3.05) is 6.54 Å². The van der Waals surface area contributed by atoms with E-state index in [1.807, 2.05) is 19.1 Å². The lowest BCUT2D eigenvalue weighted by Crippen LogP contribution is -2.33. The molecule has 0 saturated heterocycles.